The molecule has 0 bridgehead atoms. The quantitative estimate of drug-likeness (QED) is 0.0262. The Hall–Kier alpha value is -7.74. The van der Waals surface area contributed by atoms with Crippen LogP contribution < -0.4 is 0 Å². The van der Waals surface area contributed by atoms with Crippen molar-refractivity contribution in [3.05, 3.63) is 287 Å². The van der Waals surface area contributed by atoms with Gasteiger partial charge in [-0.2, -0.15) is 0 Å². The van der Waals surface area contributed by atoms with Gasteiger partial charge in [0.05, 0.1) is 76.9 Å². The zero-order chi connectivity index (χ0) is 80.0. The highest BCUT2D eigenvalue weighted by Crippen LogP contribution is 2.39. The van der Waals surface area contributed by atoms with Crippen molar-refractivity contribution in [1.29, 1.82) is 0 Å². The van der Waals surface area contributed by atoms with Gasteiger partial charge in [-0.15, -0.1) is 0 Å². The summed E-state index contributed by atoms with van der Waals surface area (Å²) in [5, 5.41) is 0. The lowest BCUT2D eigenvalue weighted by Crippen LogP contribution is -2.66. The Morgan fingerprint density at radius 2 is 0.496 bits per heavy atom. The Balaban J connectivity index is 1.08. The van der Waals surface area contributed by atoms with Crippen molar-refractivity contribution in [1.82, 2.24) is 0 Å². The molecule has 0 radical (unpaired) electrons. The zero-order valence-electron chi connectivity index (χ0n) is 68.9. The number of hydrogen-bond acceptors (Lipinski definition) is 15. The molecule has 0 unspecified atom stereocenters. The summed E-state index contributed by atoms with van der Waals surface area (Å²) >= 11 is 0. The summed E-state index contributed by atoms with van der Waals surface area (Å²) in [4.78, 5) is 31.5. The maximum Gasteiger partial charge on any atom is 0.311 e. The molecular weight excluding hydrogens is 1440 g/mol. The van der Waals surface area contributed by atoms with Crippen LogP contribution in [-0.4, -0.2) is 98.8 Å². The second-order valence-electron chi connectivity index (χ2n) is 31.0. The van der Waals surface area contributed by atoms with Crippen LogP contribution in [0.25, 0.3) is 0 Å². The van der Waals surface area contributed by atoms with Crippen LogP contribution in [0.3, 0.4) is 0 Å². The molecule has 0 aromatic heterocycles. The molecule has 115 heavy (non-hydrogen) atoms. The fourth-order valence-electron chi connectivity index (χ4n) is 15.4. The number of carbonyl (C=O) groups is 2. The first-order valence-electron chi connectivity index (χ1n) is 43.3. The van der Waals surface area contributed by atoms with E-state index < -0.39 is 85.5 Å². The van der Waals surface area contributed by atoms with Gasteiger partial charge in [-0.3, -0.25) is 9.59 Å². The van der Waals surface area contributed by atoms with Crippen molar-refractivity contribution in [3.63, 3.8) is 0 Å². The zero-order valence-corrected chi connectivity index (χ0v) is 68.9. The van der Waals surface area contributed by atoms with E-state index in [0.29, 0.717) is 38.9 Å². The Labute approximate surface area is 687 Å². The third-order valence-electron chi connectivity index (χ3n) is 22.0. The number of ether oxygens (including phenoxy) is 13. The van der Waals surface area contributed by atoms with Crippen molar-refractivity contribution in [3.8, 4) is 0 Å². The van der Waals surface area contributed by atoms with Crippen molar-refractivity contribution in [2.45, 2.75) is 295 Å². The third kappa shape index (κ3) is 31.2. The van der Waals surface area contributed by atoms with Gasteiger partial charge in [0.25, 0.3) is 0 Å². The summed E-state index contributed by atoms with van der Waals surface area (Å²) in [5.74, 6) is -1.93. The van der Waals surface area contributed by atoms with Gasteiger partial charge in [0.1, 0.15) is 62.0 Å². The molecule has 8 aromatic carbocycles. The van der Waals surface area contributed by atoms with E-state index in [1.165, 1.54) is 0 Å². The minimum atomic E-state index is -1.38. The van der Waals surface area contributed by atoms with Crippen LogP contribution in [0.15, 0.2) is 243 Å². The number of rotatable bonds is 56. The van der Waals surface area contributed by atoms with Crippen molar-refractivity contribution < 1.29 is 71.2 Å². The van der Waals surface area contributed by atoms with Gasteiger partial charge in [-0.25, -0.2) is 0 Å². The van der Waals surface area contributed by atoms with E-state index in [2.05, 4.69) is 52.0 Å². The minimum absolute atomic E-state index is 0.109. The fraction of sp³-hybridized carbons (Fsp3) is 0.500. The van der Waals surface area contributed by atoms with Crippen LogP contribution in [0.5, 0.6) is 0 Å². The predicted octanol–water partition coefficient (Wildman–Crippen LogP) is 22.1. The van der Waals surface area contributed by atoms with Crippen molar-refractivity contribution >= 4 is 11.9 Å². The summed E-state index contributed by atoms with van der Waals surface area (Å²) in [6.45, 7) is 9.85. The van der Waals surface area contributed by atoms with Gasteiger partial charge < -0.3 is 61.6 Å². The van der Waals surface area contributed by atoms with Gasteiger partial charge in [0.2, 0.25) is 0 Å². The van der Waals surface area contributed by atoms with Crippen LogP contribution in [-0.2, 0) is 124 Å². The Bertz CT molecular complexity index is 3540. The summed E-state index contributed by atoms with van der Waals surface area (Å²) in [5.41, 5.74) is 7.49. The van der Waals surface area contributed by atoms with Crippen molar-refractivity contribution in [2.75, 3.05) is 13.2 Å². The Morgan fingerprint density at radius 3 is 0.765 bits per heavy atom. The van der Waals surface area contributed by atoms with E-state index in [9.17, 15) is 0 Å². The monoisotopic (exact) mass is 1570 g/mol. The van der Waals surface area contributed by atoms with E-state index in [4.69, 9.17) is 61.6 Å². The maximum atomic E-state index is 15.7. The SMILES string of the molecule is CCCCCCC[C@@H](OCc1ccccc1)[C@@H](CCCCCC)C(=O)OC[C@H]1O[C@H](O[C@H]2O[C@H](COC(=O)[C@H](CCCCCC)[C@@H](CCCCCCC)OCc3ccccc3)[C@@H](OCc3ccccc3)[C@H](OCc3ccccc3)[C@H]2OCc2ccccc2)[C@H](OCc2ccccc2)[C@@H](OCc2ccccc2)[C@@H]1OCc1ccccc1. The number of esters is 2. The first-order valence-corrected chi connectivity index (χ1v) is 43.3. The molecule has 10 rings (SSSR count). The molecule has 0 saturated carbocycles. The van der Waals surface area contributed by atoms with E-state index >= 15 is 9.59 Å². The van der Waals surface area contributed by atoms with Crippen LogP contribution in [0, 0.1) is 11.8 Å². The standard InChI is InChI=1S/C100H130O15/c1-5-9-13-17-45-65-87(103-67-77-47-27-19-28-48-77)85(63-43-15-11-7-3)97(101)111-75-89-91(105-69-79-51-31-21-32-52-79)93(107-71-81-55-35-23-36-56-81)95(109-73-83-59-39-25-40-60-83)99(113-89)115-100-96(110-74-84-61-41-26-42-62-84)94(108-72-82-57-37-24-38-58-82)92(106-70-80-53-33-22-34-54-80)90(114-100)76-112-98(102)86(64-44-16-12-8-4)88(66-46-18-14-10-6-2)104-68-78-49-29-20-30-50-78/h19-42,47-62,85-96,99-100H,5-18,43-46,63-76H2,1-4H3/t85-,86-,87-,88-,89-,90-,91-,92-,93+,94+,95-,96-,99-,100-/m1/s1. The van der Waals surface area contributed by atoms with Crippen LogP contribution in [0.4, 0.5) is 0 Å². The first kappa shape index (κ1) is 89.6. The molecule has 0 N–H and O–H groups in total. The highest BCUT2D eigenvalue weighted by Gasteiger charge is 2.55. The predicted molar refractivity (Wildman–Crippen MR) is 452 cm³/mol. The van der Waals surface area contributed by atoms with E-state index in [0.717, 1.165) is 160 Å². The number of benzene rings is 8. The molecule has 14 atom stereocenters. The third-order valence-corrected chi connectivity index (χ3v) is 22.0. The molecule has 2 fully saturated rings. The second kappa shape index (κ2) is 52.8. The summed E-state index contributed by atoms with van der Waals surface area (Å²) in [6.07, 6.45) is 9.29. The largest absolute Gasteiger partial charge is 0.463 e. The van der Waals surface area contributed by atoms with Gasteiger partial charge in [-0.05, 0) is 70.2 Å². The van der Waals surface area contributed by atoms with Gasteiger partial charge >= 0.3 is 11.9 Å². The summed E-state index contributed by atoms with van der Waals surface area (Å²) < 4.78 is 94.4. The number of unbranched alkanes of at least 4 members (excludes halogenated alkanes) is 14. The van der Waals surface area contributed by atoms with Crippen molar-refractivity contribution in [2.24, 2.45) is 11.8 Å². The second-order valence-corrected chi connectivity index (χ2v) is 31.0. The Morgan fingerprint density at radius 1 is 0.270 bits per heavy atom. The average Bonchev–Trinajstić information content (AvgIpc) is 0.764. The smallest absolute Gasteiger partial charge is 0.311 e. The number of carbonyl (C=O) groups excluding carboxylic acids is 2. The number of hydrogen-bond donors (Lipinski definition) is 0. The molecule has 2 aliphatic rings. The van der Waals surface area contributed by atoms with E-state index in [1.54, 1.807) is 0 Å². The molecule has 0 amide bonds. The van der Waals surface area contributed by atoms with E-state index in [-0.39, 0.29) is 64.8 Å². The van der Waals surface area contributed by atoms with E-state index in [1.807, 2.05) is 218 Å². The normalized spacial score (nSPS) is 20.6. The van der Waals surface area contributed by atoms with Crippen LogP contribution in [0.1, 0.15) is 213 Å². The lowest BCUT2D eigenvalue weighted by atomic mass is 9.91. The lowest BCUT2D eigenvalue weighted by Gasteiger charge is -2.49. The Kier molecular flexibility index (Phi) is 41.2. The highest BCUT2D eigenvalue weighted by molar-refractivity contribution is 5.73. The molecule has 0 spiro atoms. The molecule has 0 aliphatic carbocycles. The average molecular weight is 1570 g/mol. The fourth-order valence-corrected chi connectivity index (χ4v) is 15.4. The maximum absolute atomic E-state index is 15.7. The summed E-state index contributed by atoms with van der Waals surface area (Å²) in [7, 11) is 0. The molecule has 15 nitrogen and oxygen atoms in total. The van der Waals surface area contributed by atoms with Gasteiger partial charge in [-0.1, -0.05) is 386 Å². The lowest BCUT2D eigenvalue weighted by molar-refractivity contribution is -0.394. The van der Waals surface area contributed by atoms with Gasteiger partial charge in [0.15, 0.2) is 12.6 Å². The van der Waals surface area contributed by atoms with Crippen LogP contribution >= 0.6 is 0 Å². The van der Waals surface area contributed by atoms with Crippen LogP contribution in [0.2, 0.25) is 0 Å². The summed E-state index contributed by atoms with van der Waals surface area (Å²) in [6, 6.07) is 80.3. The molecule has 2 saturated heterocycles. The molecule has 15 heteroatoms. The molecular formula is C100H130O15. The van der Waals surface area contributed by atoms with Gasteiger partial charge in [0, 0.05) is 0 Å². The first-order chi connectivity index (χ1) is 56.8. The topological polar surface area (TPSA) is 154 Å². The highest BCUT2D eigenvalue weighted by atomic mass is 16.8. The molecule has 8 aromatic rings. The molecule has 2 heterocycles. The minimum Gasteiger partial charge on any atom is -0.463 e. The molecule has 2 aliphatic heterocycles. The molecule has 620 valence electrons.